The molecule has 1 atom stereocenters. The molecule has 0 unspecified atom stereocenters. The van der Waals surface area contributed by atoms with E-state index in [1.807, 2.05) is 24.3 Å². The molecule has 0 aliphatic carbocycles. The Balaban J connectivity index is 1.62. The molecule has 0 spiro atoms. The van der Waals surface area contributed by atoms with E-state index in [0.717, 1.165) is 18.4 Å². The largest absolute Gasteiger partial charge is 0.440 e. The van der Waals surface area contributed by atoms with Crippen molar-refractivity contribution in [3.63, 3.8) is 0 Å². The van der Waals surface area contributed by atoms with E-state index in [1.54, 1.807) is 4.90 Å². The second-order valence-electron chi connectivity index (χ2n) is 6.50. The molecule has 1 saturated heterocycles. The number of nitrogens with zero attached hydrogens (tertiary/aromatic N) is 3. The summed E-state index contributed by atoms with van der Waals surface area (Å²) in [6.07, 6.45) is 1.59. The topological polar surface area (TPSA) is 89.5 Å². The number of carbonyl (C=O) groups is 1. The molecule has 27 heavy (non-hydrogen) atoms. The Morgan fingerprint density at radius 2 is 2.07 bits per heavy atom. The lowest BCUT2D eigenvalue weighted by atomic mass is 9.97. The standard InChI is InChI=1S/C19H16ClN3O4/c20-13-6-3-8-15(23(25)26)17(13)19(24)22-10-4-5-12(11-22)18-21-14-7-1-2-9-16(14)27-18/h1-3,6-9,12H,4-5,10-11H2/t12-/m0/s1. The first-order valence-electron chi connectivity index (χ1n) is 8.62. The van der Waals surface area contributed by atoms with E-state index in [2.05, 4.69) is 4.98 Å². The molecule has 1 aromatic heterocycles. The van der Waals surface area contributed by atoms with Crippen molar-refractivity contribution in [2.24, 2.45) is 0 Å². The number of rotatable bonds is 3. The van der Waals surface area contributed by atoms with Gasteiger partial charge in [-0.05, 0) is 31.0 Å². The Kier molecular flexibility index (Phi) is 4.53. The smallest absolute Gasteiger partial charge is 0.283 e. The number of para-hydroxylation sites is 2. The van der Waals surface area contributed by atoms with Crippen LogP contribution in [-0.2, 0) is 0 Å². The van der Waals surface area contributed by atoms with Gasteiger partial charge in [-0.15, -0.1) is 0 Å². The first-order chi connectivity index (χ1) is 13.0. The van der Waals surface area contributed by atoms with E-state index < -0.39 is 10.8 Å². The number of hydrogen-bond acceptors (Lipinski definition) is 5. The fourth-order valence-corrected chi connectivity index (χ4v) is 3.71. The van der Waals surface area contributed by atoms with Crippen LogP contribution in [0.2, 0.25) is 5.02 Å². The first kappa shape index (κ1) is 17.5. The highest BCUT2D eigenvalue weighted by molar-refractivity contribution is 6.34. The zero-order valence-electron chi connectivity index (χ0n) is 14.3. The Bertz CT molecular complexity index is 1000. The number of oxazole rings is 1. The molecule has 0 N–H and O–H groups in total. The molecule has 4 rings (SSSR count). The van der Waals surface area contributed by atoms with Crippen molar-refractivity contribution in [2.75, 3.05) is 13.1 Å². The van der Waals surface area contributed by atoms with E-state index in [0.29, 0.717) is 24.6 Å². The van der Waals surface area contributed by atoms with E-state index in [9.17, 15) is 14.9 Å². The predicted octanol–water partition coefficient (Wildman–Crippen LogP) is 4.41. The minimum atomic E-state index is -0.582. The average molecular weight is 386 g/mol. The van der Waals surface area contributed by atoms with Gasteiger partial charge in [0.25, 0.3) is 11.6 Å². The lowest BCUT2D eigenvalue weighted by Gasteiger charge is -2.31. The van der Waals surface area contributed by atoms with Gasteiger partial charge in [0, 0.05) is 19.2 Å². The molecule has 138 valence electrons. The van der Waals surface area contributed by atoms with Gasteiger partial charge in [-0.3, -0.25) is 14.9 Å². The van der Waals surface area contributed by atoms with Gasteiger partial charge in [-0.1, -0.05) is 29.8 Å². The minimum Gasteiger partial charge on any atom is -0.440 e. The van der Waals surface area contributed by atoms with Crippen LogP contribution in [0.1, 0.15) is 35.0 Å². The summed E-state index contributed by atoms with van der Waals surface area (Å²) >= 11 is 6.11. The molecule has 1 amide bonds. The summed E-state index contributed by atoms with van der Waals surface area (Å²) in [6.45, 7) is 0.895. The maximum atomic E-state index is 13.0. The molecule has 1 fully saturated rings. The Morgan fingerprint density at radius 1 is 1.26 bits per heavy atom. The third-order valence-electron chi connectivity index (χ3n) is 4.77. The molecule has 0 bridgehead atoms. The molecule has 3 aromatic rings. The van der Waals surface area contributed by atoms with Gasteiger partial charge >= 0.3 is 0 Å². The Hall–Kier alpha value is -2.93. The Morgan fingerprint density at radius 3 is 2.85 bits per heavy atom. The number of aromatic nitrogens is 1. The molecule has 0 saturated carbocycles. The van der Waals surface area contributed by atoms with Crippen LogP contribution in [-0.4, -0.2) is 33.8 Å². The summed E-state index contributed by atoms with van der Waals surface area (Å²) in [4.78, 5) is 29.8. The number of fused-ring (bicyclic) bond motifs is 1. The SMILES string of the molecule is O=C(c1c(Cl)cccc1[N+](=O)[O-])N1CCC[C@H](c2nc3ccccc3o2)C1. The highest BCUT2D eigenvalue weighted by atomic mass is 35.5. The lowest BCUT2D eigenvalue weighted by molar-refractivity contribution is -0.385. The monoisotopic (exact) mass is 385 g/mol. The fraction of sp³-hybridized carbons (Fsp3) is 0.263. The number of piperidine rings is 1. The molecular formula is C19H16ClN3O4. The summed E-state index contributed by atoms with van der Waals surface area (Å²) in [5.41, 5.74) is 1.13. The molecule has 7 nitrogen and oxygen atoms in total. The zero-order chi connectivity index (χ0) is 19.0. The average Bonchev–Trinajstić information content (AvgIpc) is 3.11. The first-order valence-corrected chi connectivity index (χ1v) is 9.00. The highest BCUT2D eigenvalue weighted by Gasteiger charge is 2.32. The fourth-order valence-electron chi connectivity index (χ4n) is 3.46. The number of benzene rings is 2. The van der Waals surface area contributed by atoms with Gasteiger partial charge in [0.2, 0.25) is 0 Å². The van der Waals surface area contributed by atoms with Crippen molar-refractivity contribution in [1.29, 1.82) is 0 Å². The van der Waals surface area contributed by atoms with Gasteiger partial charge in [-0.2, -0.15) is 0 Å². The quantitative estimate of drug-likeness (QED) is 0.492. The summed E-state index contributed by atoms with van der Waals surface area (Å²) < 4.78 is 5.84. The van der Waals surface area contributed by atoms with Crippen molar-refractivity contribution in [1.82, 2.24) is 9.88 Å². The second kappa shape index (κ2) is 7.00. The van der Waals surface area contributed by atoms with Crippen molar-refractivity contribution < 1.29 is 14.1 Å². The van der Waals surface area contributed by atoms with Crippen LogP contribution in [0, 0.1) is 10.1 Å². The van der Waals surface area contributed by atoms with Crippen molar-refractivity contribution >= 4 is 34.3 Å². The van der Waals surface area contributed by atoms with Gasteiger partial charge in [0.15, 0.2) is 11.5 Å². The second-order valence-corrected chi connectivity index (χ2v) is 6.91. The number of amides is 1. The van der Waals surface area contributed by atoms with Gasteiger partial charge in [0.05, 0.1) is 15.9 Å². The van der Waals surface area contributed by atoms with Crippen LogP contribution < -0.4 is 0 Å². The third-order valence-corrected chi connectivity index (χ3v) is 5.09. The third kappa shape index (κ3) is 3.26. The van der Waals surface area contributed by atoms with Gasteiger partial charge in [0.1, 0.15) is 11.1 Å². The number of carbonyl (C=O) groups excluding carboxylic acids is 1. The predicted molar refractivity (Wildman–Crippen MR) is 100.0 cm³/mol. The minimum absolute atomic E-state index is 0.0587. The number of hydrogen-bond donors (Lipinski definition) is 0. The molecule has 2 heterocycles. The maximum absolute atomic E-state index is 13.0. The van der Waals surface area contributed by atoms with E-state index in [4.69, 9.17) is 16.0 Å². The van der Waals surface area contributed by atoms with Crippen molar-refractivity contribution in [3.8, 4) is 0 Å². The molecule has 1 aliphatic heterocycles. The number of nitro groups is 1. The normalized spacial score (nSPS) is 17.2. The Labute approximate surface area is 159 Å². The number of halogens is 1. The molecule has 8 heteroatoms. The number of likely N-dealkylation sites (tertiary alicyclic amines) is 1. The maximum Gasteiger partial charge on any atom is 0.283 e. The molecule has 2 aromatic carbocycles. The summed E-state index contributed by atoms with van der Waals surface area (Å²) in [6, 6.07) is 11.7. The van der Waals surface area contributed by atoms with Crippen molar-refractivity contribution in [2.45, 2.75) is 18.8 Å². The van der Waals surface area contributed by atoms with Gasteiger partial charge in [-0.25, -0.2) is 4.98 Å². The van der Waals surface area contributed by atoms with Crippen LogP contribution >= 0.6 is 11.6 Å². The van der Waals surface area contributed by atoms with Crippen LogP contribution in [0.4, 0.5) is 5.69 Å². The zero-order valence-corrected chi connectivity index (χ0v) is 15.1. The van der Waals surface area contributed by atoms with Crippen LogP contribution in [0.3, 0.4) is 0 Å². The van der Waals surface area contributed by atoms with Crippen LogP contribution in [0.25, 0.3) is 11.1 Å². The van der Waals surface area contributed by atoms with Crippen LogP contribution in [0.15, 0.2) is 46.9 Å². The molecular weight excluding hydrogens is 370 g/mol. The number of nitro benzene ring substituents is 1. The van der Waals surface area contributed by atoms with E-state index in [-0.39, 0.29) is 22.2 Å². The van der Waals surface area contributed by atoms with E-state index in [1.165, 1.54) is 18.2 Å². The summed E-state index contributed by atoms with van der Waals surface area (Å²) in [5.74, 6) is 0.0899. The summed E-state index contributed by atoms with van der Waals surface area (Å²) in [7, 11) is 0. The van der Waals surface area contributed by atoms with E-state index >= 15 is 0 Å². The molecule has 1 aliphatic rings. The van der Waals surface area contributed by atoms with Crippen LogP contribution in [0.5, 0.6) is 0 Å². The lowest BCUT2D eigenvalue weighted by Crippen LogP contribution is -2.39. The highest BCUT2D eigenvalue weighted by Crippen LogP contribution is 2.32. The van der Waals surface area contributed by atoms with Crippen molar-refractivity contribution in [3.05, 3.63) is 69.1 Å². The molecule has 0 radical (unpaired) electrons. The van der Waals surface area contributed by atoms with Gasteiger partial charge < -0.3 is 9.32 Å². The summed E-state index contributed by atoms with van der Waals surface area (Å²) in [5, 5.41) is 11.4.